The Hall–Kier alpha value is -3.02. The maximum absolute atomic E-state index is 15.1. The largest absolute Gasteiger partial charge is 0.356 e. The minimum Gasteiger partial charge on any atom is -0.356 e. The van der Waals surface area contributed by atoms with Crippen molar-refractivity contribution in [1.82, 2.24) is 25.4 Å². The minimum absolute atomic E-state index is 0.130. The van der Waals surface area contributed by atoms with Crippen molar-refractivity contribution in [3.8, 4) is 0 Å². The molecule has 1 saturated carbocycles. The quantitative estimate of drug-likeness (QED) is 0.214. The molecule has 12 heteroatoms. The number of amides is 3. The lowest BCUT2D eigenvalue weighted by atomic mass is 9.92. The topological polar surface area (TPSA) is 140 Å². The van der Waals surface area contributed by atoms with Gasteiger partial charge in [-0.3, -0.25) is 30.4 Å². The van der Waals surface area contributed by atoms with Crippen molar-refractivity contribution >= 4 is 29.9 Å². The molecule has 1 aliphatic heterocycles. The molecule has 1 aromatic rings. The average molecular weight is 480 g/mol. The molecule has 0 radical (unpaired) electrons. The van der Waals surface area contributed by atoms with Gasteiger partial charge in [0.2, 0.25) is 24.0 Å². The lowest BCUT2D eigenvalue weighted by Crippen LogP contribution is -2.41. The molecule has 3 amide bonds. The summed E-state index contributed by atoms with van der Waals surface area (Å²) in [5.74, 6) is -1.95. The van der Waals surface area contributed by atoms with Crippen LogP contribution in [0.1, 0.15) is 57.7 Å². The van der Waals surface area contributed by atoms with Crippen LogP contribution >= 0.6 is 0 Å². The first-order valence-corrected chi connectivity index (χ1v) is 11.8. The fourth-order valence-electron chi connectivity index (χ4n) is 4.62. The van der Waals surface area contributed by atoms with Crippen LogP contribution in [0.5, 0.6) is 0 Å². The predicted octanol–water partition coefficient (Wildman–Crippen LogP) is 1.83. The van der Waals surface area contributed by atoms with Crippen molar-refractivity contribution in [2.45, 2.75) is 64.8 Å². The maximum Gasteiger partial charge on any atom is 0.244 e. The SMILES string of the molecule is Cc1nc(NNC(=O)[C@H](CC2CCCC2)CN(O)C=O)c(F)c(N[C@H](C)C(=O)N2CCCC2)n1. The van der Waals surface area contributed by atoms with Gasteiger partial charge in [0.05, 0.1) is 12.5 Å². The zero-order valence-electron chi connectivity index (χ0n) is 19.7. The van der Waals surface area contributed by atoms with Gasteiger partial charge in [-0.25, -0.2) is 15.0 Å². The number of nitrogens with one attached hydrogen (secondary N) is 3. The number of carbonyl (C=O) groups is 3. The van der Waals surface area contributed by atoms with Crippen LogP contribution in [0.4, 0.5) is 16.0 Å². The van der Waals surface area contributed by atoms with Crippen LogP contribution in [0.2, 0.25) is 0 Å². The highest BCUT2D eigenvalue weighted by atomic mass is 19.1. The van der Waals surface area contributed by atoms with Gasteiger partial charge in [0.15, 0.2) is 11.6 Å². The maximum atomic E-state index is 15.1. The van der Waals surface area contributed by atoms with Gasteiger partial charge in [0, 0.05) is 13.1 Å². The smallest absolute Gasteiger partial charge is 0.244 e. The third-order valence-corrected chi connectivity index (χ3v) is 6.40. The van der Waals surface area contributed by atoms with Crippen LogP contribution in [-0.2, 0) is 14.4 Å². The van der Waals surface area contributed by atoms with Crippen molar-refractivity contribution in [3.05, 3.63) is 11.6 Å². The van der Waals surface area contributed by atoms with E-state index in [9.17, 15) is 19.6 Å². The van der Waals surface area contributed by atoms with Crippen LogP contribution in [0, 0.1) is 24.6 Å². The van der Waals surface area contributed by atoms with Gasteiger partial charge in [-0.05, 0) is 39.0 Å². The molecule has 2 aliphatic rings. The molecule has 1 aliphatic carbocycles. The highest BCUT2D eigenvalue weighted by molar-refractivity contribution is 5.84. The summed E-state index contributed by atoms with van der Waals surface area (Å²) in [5.41, 5.74) is 4.94. The lowest BCUT2D eigenvalue weighted by molar-refractivity contribution is -0.154. The molecule has 2 atom stereocenters. The monoisotopic (exact) mass is 479 g/mol. The Morgan fingerprint density at radius 2 is 1.85 bits per heavy atom. The molecule has 0 spiro atoms. The zero-order chi connectivity index (χ0) is 24.7. The van der Waals surface area contributed by atoms with E-state index in [0.29, 0.717) is 30.5 Å². The van der Waals surface area contributed by atoms with Gasteiger partial charge < -0.3 is 10.2 Å². The molecule has 1 saturated heterocycles. The van der Waals surface area contributed by atoms with Crippen LogP contribution in [0.25, 0.3) is 0 Å². The van der Waals surface area contributed by atoms with E-state index < -0.39 is 23.7 Å². The Labute approximate surface area is 198 Å². The fourth-order valence-corrected chi connectivity index (χ4v) is 4.62. The second-order valence-electron chi connectivity index (χ2n) is 9.11. The van der Waals surface area contributed by atoms with Gasteiger partial charge in [-0.1, -0.05) is 25.7 Å². The predicted molar refractivity (Wildman–Crippen MR) is 122 cm³/mol. The molecule has 1 aromatic heterocycles. The molecule has 4 N–H and O–H groups in total. The highest BCUT2D eigenvalue weighted by Gasteiger charge is 2.28. The summed E-state index contributed by atoms with van der Waals surface area (Å²) in [6.07, 6.45) is 6.83. The van der Waals surface area contributed by atoms with Crippen LogP contribution in [0.15, 0.2) is 0 Å². The molecule has 3 rings (SSSR count). The van der Waals surface area contributed by atoms with Crippen LogP contribution < -0.4 is 16.2 Å². The second kappa shape index (κ2) is 11.9. The number of hydrogen-bond acceptors (Lipinski definition) is 8. The van der Waals surface area contributed by atoms with E-state index in [0.717, 1.165) is 38.5 Å². The number of hydroxylamine groups is 2. The van der Waals surface area contributed by atoms with Gasteiger partial charge in [0.25, 0.3) is 0 Å². The number of hydrazine groups is 1. The Balaban J connectivity index is 1.65. The van der Waals surface area contributed by atoms with Gasteiger partial charge in [-0.2, -0.15) is 4.39 Å². The number of nitrogens with zero attached hydrogens (tertiary/aromatic N) is 4. The molecule has 0 unspecified atom stereocenters. The second-order valence-corrected chi connectivity index (χ2v) is 9.11. The van der Waals surface area contributed by atoms with E-state index in [1.807, 2.05) is 0 Å². The van der Waals surface area contributed by atoms with Crippen molar-refractivity contribution in [1.29, 1.82) is 0 Å². The van der Waals surface area contributed by atoms with Crippen molar-refractivity contribution in [2.75, 3.05) is 30.4 Å². The van der Waals surface area contributed by atoms with E-state index >= 15 is 4.39 Å². The first-order chi connectivity index (χ1) is 16.3. The number of aromatic nitrogens is 2. The number of carbonyl (C=O) groups excluding carboxylic acids is 3. The minimum atomic E-state index is -0.837. The summed E-state index contributed by atoms with van der Waals surface area (Å²) < 4.78 is 15.1. The highest BCUT2D eigenvalue weighted by Crippen LogP contribution is 2.30. The fraction of sp³-hybridized carbons (Fsp3) is 0.682. The molecule has 11 nitrogen and oxygen atoms in total. The third kappa shape index (κ3) is 6.75. The lowest BCUT2D eigenvalue weighted by Gasteiger charge is -2.23. The third-order valence-electron chi connectivity index (χ3n) is 6.40. The molecular formula is C22H34FN7O4. The number of rotatable bonds is 11. The van der Waals surface area contributed by atoms with E-state index in [1.54, 1.807) is 18.7 Å². The number of anilines is 2. The Morgan fingerprint density at radius 1 is 1.21 bits per heavy atom. The van der Waals surface area contributed by atoms with Gasteiger partial charge in [-0.15, -0.1) is 0 Å². The summed E-state index contributed by atoms with van der Waals surface area (Å²) >= 11 is 0. The Morgan fingerprint density at radius 3 is 2.50 bits per heavy atom. The summed E-state index contributed by atoms with van der Waals surface area (Å²) in [5, 5.41) is 12.9. The normalized spacial score (nSPS) is 17.8. The zero-order valence-corrected chi connectivity index (χ0v) is 19.7. The van der Waals surface area contributed by atoms with E-state index in [1.165, 1.54) is 0 Å². The van der Waals surface area contributed by atoms with Gasteiger partial charge >= 0.3 is 0 Å². The standard InChI is InChI=1S/C22H34FN7O4/c1-14(22(33)29-9-5-6-10-29)24-19-18(23)20(26-15(2)25-19)27-28-21(32)17(12-30(34)13-31)11-16-7-3-4-8-16/h13-14,16-17,34H,3-12H2,1-2H3,(H,28,32)(H2,24,25,26,27)/t14-,17-/m1/s1. The van der Waals surface area contributed by atoms with Crippen LogP contribution in [-0.4, -0.2) is 69.0 Å². The van der Waals surface area contributed by atoms with Crippen molar-refractivity contribution in [3.63, 3.8) is 0 Å². The Bertz CT molecular complexity index is 875. The van der Waals surface area contributed by atoms with E-state index in [-0.39, 0.29) is 36.3 Å². The molecule has 34 heavy (non-hydrogen) atoms. The Kier molecular flexibility index (Phi) is 8.97. The first-order valence-electron chi connectivity index (χ1n) is 11.8. The average Bonchev–Trinajstić information content (AvgIpc) is 3.53. The summed E-state index contributed by atoms with van der Waals surface area (Å²) in [6.45, 7) is 4.43. The number of aryl methyl sites for hydroxylation is 1. The van der Waals surface area contributed by atoms with Crippen molar-refractivity contribution < 1.29 is 24.0 Å². The summed E-state index contributed by atoms with van der Waals surface area (Å²) in [6, 6.07) is -0.681. The summed E-state index contributed by atoms with van der Waals surface area (Å²) in [7, 11) is 0. The molecule has 2 heterocycles. The number of hydrogen-bond donors (Lipinski definition) is 4. The molecule has 2 fully saturated rings. The first kappa shape index (κ1) is 25.6. The van der Waals surface area contributed by atoms with Crippen LogP contribution in [0.3, 0.4) is 0 Å². The molecular weight excluding hydrogens is 445 g/mol. The molecule has 0 bridgehead atoms. The van der Waals surface area contributed by atoms with Crippen molar-refractivity contribution in [2.24, 2.45) is 11.8 Å². The van der Waals surface area contributed by atoms with E-state index in [4.69, 9.17) is 0 Å². The van der Waals surface area contributed by atoms with E-state index in [2.05, 4.69) is 26.1 Å². The van der Waals surface area contributed by atoms with Gasteiger partial charge in [0.1, 0.15) is 11.9 Å². The summed E-state index contributed by atoms with van der Waals surface area (Å²) in [4.78, 5) is 46.0. The molecule has 188 valence electrons. The number of likely N-dealkylation sites (tertiary alicyclic amines) is 1. The molecule has 0 aromatic carbocycles. The number of halogens is 1.